The Morgan fingerprint density at radius 2 is 2.33 bits per heavy atom. The number of hydrogen-bond acceptors (Lipinski definition) is 4. The van der Waals surface area contributed by atoms with Gasteiger partial charge in [0.1, 0.15) is 11.5 Å². The molecule has 2 rings (SSSR count). The van der Waals surface area contributed by atoms with E-state index in [1.165, 1.54) is 12.8 Å². The number of nitrogens with zero attached hydrogens (tertiary/aromatic N) is 2. The standard InChI is InChI=1S/C13H20N4O/c1-2-8-17(9-10-6-7-10)13(18)11-4-3-5-12(15-11)16-14/h3-5,10H,2,6-9,14H2,1H3,(H,15,16). The van der Waals surface area contributed by atoms with E-state index in [4.69, 9.17) is 5.84 Å². The molecule has 0 bridgehead atoms. The molecule has 1 aromatic rings. The summed E-state index contributed by atoms with van der Waals surface area (Å²) >= 11 is 0. The van der Waals surface area contributed by atoms with Crippen LogP contribution in [0.2, 0.25) is 0 Å². The van der Waals surface area contributed by atoms with Crippen LogP contribution in [-0.2, 0) is 0 Å². The van der Waals surface area contributed by atoms with Gasteiger partial charge in [0.2, 0.25) is 0 Å². The number of rotatable bonds is 6. The van der Waals surface area contributed by atoms with Crippen molar-refractivity contribution < 1.29 is 4.79 Å². The van der Waals surface area contributed by atoms with Crippen molar-refractivity contribution >= 4 is 11.7 Å². The molecule has 18 heavy (non-hydrogen) atoms. The summed E-state index contributed by atoms with van der Waals surface area (Å²) in [5, 5.41) is 0. The molecule has 3 N–H and O–H groups in total. The lowest BCUT2D eigenvalue weighted by Crippen LogP contribution is -2.34. The van der Waals surface area contributed by atoms with Crippen LogP contribution in [0.1, 0.15) is 36.7 Å². The maximum atomic E-state index is 12.4. The Bertz CT molecular complexity index is 417. The van der Waals surface area contributed by atoms with Crippen LogP contribution < -0.4 is 11.3 Å². The predicted molar refractivity (Wildman–Crippen MR) is 71.0 cm³/mol. The molecule has 0 spiro atoms. The lowest BCUT2D eigenvalue weighted by atomic mass is 10.2. The van der Waals surface area contributed by atoms with E-state index < -0.39 is 0 Å². The molecule has 1 fully saturated rings. The normalized spacial score (nSPS) is 14.3. The molecule has 5 nitrogen and oxygen atoms in total. The van der Waals surface area contributed by atoms with Gasteiger partial charge < -0.3 is 10.3 Å². The first kappa shape index (κ1) is 12.8. The van der Waals surface area contributed by atoms with Gasteiger partial charge in [-0.1, -0.05) is 13.0 Å². The zero-order valence-electron chi connectivity index (χ0n) is 10.7. The van der Waals surface area contributed by atoms with Crippen molar-refractivity contribution in [3.8, 4) is 0 Å². The molecule has 0 aliphatic heterocycles. The molecule has 1 heterocycles. The van der Waals surface area contributed by atoms with Gasteiger partial charge in [-0.2, -0.15) is 0 Å². The quantitative estimate of drug-likeness (QED) is 0.593. The smallest absolute Gasteiger partial charge is 0.272 e. The molecule has 0 aromatic carbocycles. The summed E-state index contributed by atoms with van der Waals surface area (Å²) in [4.78, 5) is 18.5. The minimum atomic E-state index is 0.000787. The lowest BCUT2D eigenvalue weighted by molar-refractivity contribution is 0.0742. The Kier molecular flexibility index (Phi) is 4.15. The Morgan fingerprint density at radius 3 is 2.94 bits per heavy atom. The monoisotopic (exact) mass is 248 g/mol. The van der Waals surface area contributed by atoms with E-state index in [2.05, 4.69) is 17.3 Å². The number of amides is 1. The number of carbonyl (C=O) groups excluding carboxylic acids is 1. The fourth-order valence-corrected chi connectivity index (χ4v) is 1.95. The Balaban J connectivity index is 2.09. The highest BCUT2D eigenvalue weighted by Crippen LogP contribution is 2.30. The summed E-state index contributed by atoms with van der Waals surface area (Å²) in [6, 6.07) is 5.26. The molecule has 1 aliphatic rings. The largest absolute Gasteiger partial charge is 0.337 e. The minimum Gasteiger partial charge on any atom is -0.337 e. The third-order valence-corrected chi connectivity index (χ3v) is 3.07. The predicted octanol–water partition coefficient (Wildman–Crippen LogP) is 1.63. The van der Waals surface area contributed by atoms with Gasteiger partial charge in [0.05, 0.1) is 0 Å². The van der Waals surface area contributed by atoms with Crippen molar-refractivity contribution in [3.63, 3.8) is 0 Å². The van der Waals surface area contributed by atoms with Gasteiger partial charge in [-0.15, -0.1) is 0 Å². The average molecular weight is 248 g/mol. The van der Waals surface area contributed by atoms with E-state index in [0.717, 1.165) is 19.5 Å². The SMILES string of the molecule is CCCN(CC1CC1)C(=O)c1cccc(NN)n1. The van der Waals surface area contributed by atoms with Crippen LogP contribution in [0.3, 0.4) is 0 Å². The van der Waals surface area contributed by atoms with Gasteiger partial charge in [-0.25, -0.2) is 10.8 Å². The topological polar surface area (TPSA) is 71.2 Å². The van der Waals surface area contributed by atoms with E-state index in [1.807, 2.05) is 4.90 Å². The third kappa shape index (κ3) is 3.20. The second kappa shape index (κ2) is 5.82. The van der Waals surface area contributed by atoms with Crippen LogP contribution in [0, 0.1) is 5.92 Å². The van der Waals surface area contributed by atoms with Crippen LogP contribution in [0.15, 0.2) is 18.2 Å². The van der Waals surface area contributed by atoms with Gasteiger partial charge in [0.15, 0.2) is 0 Å². The summed E-state index contributed by atoms with van der Waals surface area (Å²) < 4.78 is 0. The molecule has 0 saturated heterocycles. The van der Waals surface area contributed by atoms with Crippen molar-refractivity contribution in [1.29, 1.82) is 0 Å². The fraction of sp³-hybridized carbons (Fsp3) is 0.538. The summed E-state index contributed by atoms with van der Waals surface area (Å²) in [5.41, 5.74) is 2.92. The van der Waals surface area contributed by atoms with Gasteiger partial charge in [0.25, 0.3) is 5.91 Å². The van der Waals surface area contributed by atoms with Crippen LogP contribution in [0.25, 0.3) is 0 Å². The van der Waals surface area contributed by atoms with E-state index >= 15 is 0 Å². The van der Waals surface area contributed by atoms with Crippen LogP contribution in [-0.4, -0.2) is 28.9 Å². The van der Waals surface area contributed by atoms with E-state index in [0.29, 0.717) is 17.4 Å². The van der Waals surface area contributed by atoms with Gasteiger partial charge in [-0.3, -0.25) is 4.79 Å². The summed E-state index contributed by atoms with van der Waals surface area (Å²) in [5.74, 6) is 6.52. The van der Waals surface area contributed by atoms with Crippen LogP contribution >= 0.6 is 0 Å². The maximum absolute atomic E-state index is 12.4. The lowest BCUT2D eigenvalue weighted by Gasteiger charge is -2.21. The second-order valence-electron chi connectivity index (χ2n) is 4.75. The Hall–Kier alpha value is -1.62. The Labute approximate surface area is 107 Å². The van der Waals surface area contributed by atoms with Crippen molar-refractivity contribution in [1.82, 2.24) is 9.88 Å². The maximum Gasteiger partial charge on any atom is 0.272 e. The molecule has 0 atom stereocenters. The fourth-order valence-electron chi connectivity index (χ4n) is 1.95. The van der Waals surface area contributed by atoms with Crippen LogP contribution in [0.4, 0.5) is 5.82 Å². The van der Waals surface area contributed by atoms with Crippen molar-refractivity contribution in [2.24, 2.45) is 11.8 Å². The van der Waals surface area contributed by atoms with E-state index in [-0.39, 0.29) is 5.91 Å². The van der Waals surface area contributed by atoms with Crippen LogP contribution in [0.5, 0.6) is 0 Å². The molecular weight excluding hydrogens is 228 g/mol. The minimum absolute atomic E-state index is 0.000787. The summed E-state index contributed by atoms with van der Waals surface area (Å²) in [6.07, 6.45) is 3.45. The van der Waals surface area contributed by atoms with Gasteiger partial charge in [-0.05, 0) is 37.3 Å². The summed E-state index contributed by atoms with van der Waals surface area (Å²) in [6.45, 7) is 3.73. The molecule has 1 saturated carbocycles. The van der Waals surface area contributed by atoms with Crippen molar-refractivity contribution in [3.05, 3.63) is 23.9 Å². The molecule has 5 heteroatoms. The first-order chi connectivity index (χ1) is 8.74. The van der Waals surface area contributed by atoms with Gasteiger partial charge >= 0.3 is 0 Å². The number of nitrogens with one attached hydrogen (secondary N) is 1. The van der Waals surface area contributed by atoms with E-state index in [9.17, 15) is 4.79 Å². The highest BCUT2D eigenvalue weighted by Gasteiger charge is 2.27. The molecule has 0 radical (unpaired) electrons. The number of aromatic nitrogens is 1. The highest BCUT2D eigenvalue weighted by molar-refractivity contribution is 5.92. The molecule has 0 unspecified atom stereocenters. The number of nitrogen functional groups attached to an aromatic ring is 1. The average Bonchev–Trinajstić information content (AvgIpc) is 3.21. The first-order valence-electron chi connectivity index (χ1n) is 6.47. The Morgan fingerprint density at radius 1 is 1.56 bits per heavy atom. The number of hydrogen-bond donors (Lipinski definition) is 2. The van der Waals surface area contributed by atoms with Gasteiger partial charge in [0, 0.05) is 13.1 Å². The molecular formula is C13H20N4O. The van der Waals surface area contributed by atoms with Crippen molar-refractivity contribution in [2.75, 3.05) is 18.5 Å². The summed E-state index contributed by atoms with van der Waals surface area (Å²) in [7, 11) is 0. The number of hydrazine groups is 1. The number of pyridine rings is 1. The zero-order chi connectivity index (χ0) is 13.0. The van der Waals surface area contributed by atoms with Crippen molar-refractivity contribution in [2.45, 2.75) is 26.2 Å². The molecule has 1 aromatic heterocycles. The molecule has 1 aliphatic carbocycles. The van der Waals surface area contributed by atoms with E-state index in [1.54, 1.807) is 18.2 Å². The second-order valence-corrected chi connectivity index (χ2v) is 4.75. The molecule has 1 amide bonds. The molecule has 98 valence electrons. The highest BCUT2D eigenvalue weighted by atomic mass is 16.2. The number of anilines is 1. The third-order valence-electron chi connectivity index (χ3n) is 3.07. The first-order valence-corrected chi connectivity index (χ1v) is 6.47. The number of carbonyl (C=O) groups is 1. The number of nitrogens with two attached hydrogens (primary N) is 1. The zero-order valence-corrected chi connectivity index (χ0v) is 10.7.